The molecule has 27 heavy (non-hydrogen) atoms. The van der Waals surface area contributed by atoms with Crippen LogP contribution >= 0.6 is 0 Å². The van der Waals surface area contributed by atoms with Crippen molar-refractivity contribution in [3.05, 3.63) is 65.5 Å². The molecule has 7 heteroatoms. The molecule has 0 aliphatic carbocycles. The van der Waals surface area contributed by atoms with E-state index in [1.165, 1.54) is 6.42 Å². The van der Waals surface area contributed by atoms with Crippen LogP contribution in [0.15, 0.2) is 42.5 Å². The Labute approximate surface area is 155 Å². The summed E-state index contributed by atoms with van der Waals surface area (Å²) in [5, 5.41) is 11.3. The van der Waals surface area contributed by atoms with Crippen LogP contribution in [-0.4, -0.2) is 20.7 Å². The second-order valence-electron chi connectivity index (χ2n) is 6.60. The lowest BCUT2D eigenvalue weighted by Crippen LogP contribution is -2.12. The minimum atomic E-state index is -0.792. The summed E-state index contributed by atoms with van der Waals surface area (Å²) in [5.41, 5.74) is 1.28. The van der Waals surface area contributed by atoms with Crippen molar-refractivity contribution in [3.8, 4) is 11.4 Å². The minimum absolute atomic E-state index is 0.0748. The zero-order valence-corrected chi connectivity index (χ0v) is 14.6. The van der Waals surface area contributed by atoms with Crippen molar-refractivity contribution in [2.24, 2.45) is 0 Å². The summed E-state index contributed by atoms with van der Waals surface area (Å²) in [5.74, 6) is -0.419. The molecular weight excluding hydrogens is 350 g/mol. The fourth-order valence-corrected chi connectivity index (χ4v) is 3.32. The number of halogens is 2. The Bertz CT molecular complexity index is 979. The van der Waals surface area contributed by atoms with E-state index in [0.29, 0.717) is 5.69 Å². The average Bonchev–Trinajstić information content (AvgIpc) is 2.89. The van der Waals surface area contributed by atoms with Gasteiger partial charge in [-0.15, -0.1) is 10.2 Å². The summed E-state index contributed by atoms with van der Waals surface area (Å²) in [7, 11) is 0. The molecule has 1 N–H and O–H groups in total. The number of anilines is 1. The van der Waals surface area contributed by atoms with Crippen LogP contribution in [0, 0.1) is 11.6 Å². The maximum absolute atomic E-state index is 13.3. The van der Waals surface area contributed by atoms with E-state index < -0.39 is 17.5 Å². The van der Waals surface area contributed by atoms with Crippen molar-refractivity contribution < 1.29 is 13.6 Å². The number of aromatic nitrogens is 3. The number of fused-ring (bicyclic) bond motifs is 1. The predicted octanol–water partition coefficient (Wildman–Crippen LogP) is 4.20. The third-order valence-electron chi connectivity index (χ3n) is 4.61. The Morgan fingerprint density at radius 1 is 1.00 bits per heavy atom. The predicted molar refractivity (Wildman–Crippen MR) is 97.3 cm³/mol. The van der Waals surface area contributed by atoms with Gasteiger partial charge in [-0.1, -0.05) is 18.6 Å². The maximum Gasteiger partial charge on any atom is 0.255 e. The average molecular weight is 368 g/mol. The van der Waals surface area contributed by atoms with Crippen LogP contribution in [0.3, 0.4) is 0 Å². The fourth-order valence-electron chi connectivity index (χ4n) is 3.32. The second kappa shape index (κ2) is 7.26. The smallest absolute Gasteiger partial charge is 0.255 e. The highest BCUT2D eigenvalue weighted by Crippen LogP contribution is 2.25. The number of carbonyl (C=O) groups is 1. The third kappa shape index (κ3) is 3.72. The zero-order valence-electron chi connectivity index (χ0n) is 14.6. The Balaban J connectivity index is 1.60. The molecule has 3 aromatic rings. The SMILES string of the molecule is O=C(Nc1cccc(-c2nnc3n2CCCCC3)c1)c1cc(F)cc(F)c1. The molecule has 1 aliphatic rings. The first-order chi connectivity index (χ1) is 13.1. The van der Waals surface area contributed by atoms with Crippen molar-refractivity contribution in [2.75, 3.05) is 5.32 Å². The molecular formula is C20H18F2N4O. The highest BCUT2D eigenvalue weighted by atomic mass is 19.1. The van der Waals surface area contributed by atoms with Crippen molar-refractivity contribution in [1.82, 2.24) is 14.8 Å². The topological polar surface area (TPSA) is 59.8 Å². The molecule has 1 amide bonds. The molecule has 1 aliphatic heterocycles. The summed E-state index contributed by atoms with van der Waals surface area (Å²) in [6, 6.07) is 9.94. The lowest BCUT2D eigenvalue weighted by Gasteiger charge is -2.10. The van der Waals surface area contributed by atoms with Crippen LogP contribution < -0.4 is 5.32 Å². The van der Waals surface area contributed by atoms with Crippen LogP contribution in [0.5, 0.6) is 0 Å². The quantitative estimate of drug-likeness (QED) is 0.754. The van der Waals surface area contributed by atoms with Gasteiger partial charge in [-0.3, -0.25) is 4.79 Å². The van der Waals surface area contributed by atoms with Gasteiger partial charge in [0.05, 0.1) is 0 Å². The molecule has 5 nitrogen and oxygen atoms in total. The summed E-state index contributed by atoms with van der Waals surface area (Å²) >= 11 is 0. The Hall–Kier alpha value is -3.09. The maximum atomic E-state index is 13.3. The highest BCUT2D eigenvalue weighted by molar-refractivity contribution is 6.04. The lowest BCUT2D eigenvalue weighted by molar-refractivity contribution is 0.102. The van der Waals surface area contributed by atoms with Gasteiger partial charge in [-0.25, -0.2) is 8.78 Å². The molecule has 0 fully saturated rings. The van der Waals surface area contributed by atoms with Crippen LogP contribution in [0.2, 0.25) is 0 Å². The molecule has 138 valence electrons. The van der Waals surface area contributed by atoms with Crippen LogP contribution in [0.25, 0.3) is 11.4 Å². The number of benzene rings is 2. The number of amides is 1. The van der Waals surface area contributed by atoms with Crippen molar-refractivity contribution >= 4 is 11.6 Å². The van der Waals surface area contributed by atoms with E-state index in [0.717, 1.165) is 61.2 Å². The largest absolute Gasteiger partial charge is 0.322 e. The number of nitrogens with one attached hydrogen (secondary N) is 1. The Morgan fingerprint density at radius 3 is 2.63 bits per heavy atom. The van der Waals surface area contributed by atoms with E-state index in [4.69, 9.17) is 0 Å². The zero-order chi connectivity index (χ0) is 18.8. The van der Waals surface area contributed by atoms with Gasteiger partial charge >= 0.3 is 0 Å². The minimum Gasteiger partial charge on any atom is -0.322 e. The first-order valence-electron chi connectivity index (χ1n) is 8.90. The lowest BCUT2D eigenvalue weighted by atomic mass is 10.1. The molecule has 0 saturated heterocycles. The van der Waals surface area contributed by atoms with Crippen LogP contribution in [0.4, 0.5) is 14.5 Å². The van der Waals surface area contributed by atoms with Gasteiger partial charge in [0.1, 0.15) is 17.5 Å². The van der Waals surface area contributed by atoms with E-state index in [9.17, 15) is 13.6 Å². The molecule has 0 spiro atoms. The van der Waals surface area contributed by atoms with Crippen molar-refractivity contribution in [1.29, 1.82) is 0 Å². The van der Waals surface area contributed by atoms with Gasteiger partial charge in [0.2, 0.25) is 0 Å². The van der Waals surface area contributed by atoms with Gasteiger partial charge in [0.25, 0.3) is 5.91 Å². The molecule has 1 aromatic heterocycles. The van der Waals surface area contributed by atoms with E-state index >= 15 is 0 Å². The summed E-state index contributed by atoms with van der Waals surface area (Å²) in [6.07, 6.45) is 4.27. The second-order valence-corrected chi connectivity index (χ2v) is 6.60. The van der Waals surface area contributed by atoms with E-state index in [2.05, 4.69) is 20.1 Å². The number of rotatable bonds is 3. The first kappa shape index (κ1) is 17.3. The summed E-state index contributed by atoms with van der Waals surface area (Å²) in [6.45, 7) is 0.872. The van der Waals surface area contributed by atoms with Gasteiger partial charge in [0.15, 0.2) is 5.82 Å². The number of hydrogen-bond donors (Lipinski definition) is 1. The number of hydrogen-bond acceptors (Lipinski definition) is 3. The summed E-state index contributed by atoms with van der Waals surface area (Å²) < 4.78 is 28.8. The van der Waals surface area contributed by atoms with E-state index in [1.54, 1.807) is 18.2 Å². The number of nitrogens with zero attached hydrogens (tertiary/aromatic N) is 3. The van der Waals surface area contributed by atoms with Gasteiger partial charge in [-0.05, 0) is 37.1 Å². The van der Waals surface area contributed by atoms with E-state index in [1.807, 2.05) is 6.07 Å². The van der Waals surface area contributed by atoms with Gasteiger partial charge in [-0.2, -0.15) is 0 Å². The molecule has 0 unspecified atom stereocenters. The Morgan fingerprint density at radius 2 is 1.81 bits per heavy atom. The van der Waals surface area contributed by atoms with Gasteiger partial charge in [0, 0.05) is 35.8 Å². The van der Waals surface area contributed by atoms with Crippen molar-refractivity contribution in [3.63, 3.8) is 0 Å². The number of carbonyl (C=O) groups excluding carboxylic acids is 1. The van der Waals surface area contributed by atoms with Crippen molar-refractivity contribution in [2.45, 2.75) is 32.2 Å². The van der Waals surface area contributed by atoms with Gasteiger partial charge < -0.3 is 9.88 Å². The molecule has 0 saturated carbocycles. The molecule has 0 radical (unpaired) electrons. The van der Waals surface area contributed by atoms with E-state index in [-0.39, 0.29) is 5.56 Å². The third-order valence-corrected chi connectivity index (χ3v) is 4.61. The molecule has 2 aromatic carbocycles. The Kier molecular flexibility index (Phi) is 4.66. The monoisotopic (exact) mass is 368 g/mol. The standard InChI is InChI=1S/C20H18F2N4O/c21-15-9-14(10-16(22)12-15)20(27)23-17-6-4-5-13(11-17)19-25-24-18-7-2-1-3-8-26(18)19/h4-6,9-12H,1-3,7-8H2,(H,23,27). The highest BCUT2D eigenvalue weighted by Gasteiger charge is 2.17. The molecule has 0 bridgehead atoms. The first-order valence-corrected chi connectivity index (χ1v) is 8.90. The summed E-state index contributed by atoms with van der Waals surface area (Å²) in [4.78, 5) is 12.3. The molecule has 2 heterocycles. The van der Waals surface area contributed by atoms with Crippen LogP contribution in [0.1, 0.15) is 35.4 Å². The number of aryl methyl sites for hydroxylation is 1. The fraction of sp³-hybridized carbons (Fsp3) is 0.250. The normalized spacial score (nSPS) is 13.7. The molecule has 0 atom stereocenters. The van der Waals surface area contributed by atoms with Crippen LogP contribution in [-0.2, 0) is 13.0 Å². The molecule has 4 rings (SSSR count).